The quantitative estimate of drug-likeness (QED) is 0.717. The van der Waals surface area contributed by atoms with E-state index in [1.54, 1.807) is 0 Å². The first-order valence-corrected chi connectivity index (χ1v) is 3.04. The molecule has 0 radical (unpaired) electrons. The molecule has 1 aromatic heterocycles. The lowest BCUT2D eigenvalue weighted by atomic mass is 10.2. The molecule has 0 spiro atoms. The van der Waals surface area contributed by atoms with Crippen LogP contribution in [0.4, 0.5) is 8.78 Å². The zero-order valence-electron chi connectivity index (χ0n) is 6.16. The van der Waals surface area contributed by atoms with E-state index in [9.17, 15) is 13.6 Å². The van der Waals surface area contributed by atoms with Gasteiger partial charge in [0.1, 0.15) is 5.69 Å². The normalized spacial score (nSPS) is 11.6. The summed E-state index contributed by atoms with van der Waals surface area (Å²) >= 11 is 0. The van der Waals surface area contributed by atoms with Gasteiger partial charge in [0.15, 0.2) is 0 Å². The summed E-state index contributed by atoms with van der Waals surface area (Å²) in [6.45, 7) is 0. The highest BCUT2D eigenvalue weighted by atomic mass is 19.3. The fourth-order valence-electron chi connectivity index (χ4n) is 0.769. The van der Waals surface area contributed by atoms with E-state index in [0.717, 1.165) is 17.1 Å². The number of carbonyl (C=O) groups is 1. The van der Waals surface area contributed by atoms with Gasteiger partial charge < -0.3 is 9.67 Å². The lowest BCUT2D eigenvalue weighted by Gasteiger charge is -2.10. The lowest BCUT2D eigenvalue weighted by molar-refractivity contribution is -0.167. The summed E-state index contributed by atoms with van der Waals surface area (Å²) < 4.78 is 26.4. The Bertz CT molecular complexity index is 308. The average Bonchev–Trinajstić information content (AvgIpc) is 2.35. The van der Waals surface area contributed by atoms with Crippen molar-refractivity contribution in [3.63, 3.8) is 0 Å². The van der Waals surface area contributed by atoms with Crippen LogP contribution < -0.4 is 0 Å². The van der Waals surface area contributed by atoms with E-state index in [2.05, 4.69) is 4.98 Å². The van der Waals surface area contributed by atoms with Crippen LogP contribution in [0.3, 0.4) is 0 Å². The van der Waals surface area contributed by atoms with Crippen LogP contribution in [-0.2, 0) is 17.8 Å². The number of halogens is 2. The molecule has 4 nitrogen and oxygen atoms in total. The number of nitrogens with zero attached hydrogens (tertiary/aromatic N) is 2. The highest BCUT2D eigenvalue weighted by Crippen LogP contribution is 2.26. The van der Waals surface area contributed by atoms with Gasteiger partial charge >= 0.3 is 11.9 Å². The maximum atomic E-state index is 12.7. The van der Waals surface area contributed by atoms with Crippen molar-refractivity contribution >= 4 is 5.97 Å². The molecular formula is C6H6F2N2O2. The van der Waals surface area contributed by atoms with Crippen molar-refractivity contribution in [1.82, 2.24) is 9.55 Å². The van der Waals surface area contributed by atoms with E-state index < -0.39 is 17.6 Å². The first kappa shape index (κ1) is 8.63. The Balaban J connectivity index is 3.13. The van der Waals surface area contributed by atoms with Gasteiger partial charge in [-0.25, -0.2) is 9.78 Å². The Labute approximate surface area is 66.5 Å². The molecule has 0 saturated carbocycles. The van der Waals surface area contributed by atoms with Crippen LogP contribution in [0.1, 0.15) is 5.69 Å². The molecule has 0 aliphatic rings. The number of aromatic nitrogens is 2. The molecule has 0 fully saturated rings. The highest BCUT2D eigenvalue weighted by Gasteiger charge is 2.43. The molecule has 0 bridgehead atoms. The zero-order valence-corrected chi connectivity index (χ0v) is 6.16. The summed E-state index contributed by atoms with van der Waals surface area (Å²) in [5.41, 5.74) is -0.630. The number of carboxylic acid groups (broad SMARTS) is 1. The predicted octanol–water partition coefficient (Wildman–Crippen LogP) is 0.596. The van der Waals surface area contributed by atoms with Gasteiger partial charge in [0.05, 0.1) is 12.5 Å². The number of imidazole rings is 1. The van der Waals surface area contributed by atoms with E-state index in [1.165, 1.54) is 7.05 Å². The predicted molar refractivity (Wildman–Crippen MR) is 34.7 cm³/mol. The SMILES string of the molecule is Cn1cncc1C(F)(F)C(=O)O. The second-order valence-corrected chi connectivity index (χ2v) is 2.27. The third kappa shape index (κ3) is 1.15. The fraction of sp³-hybridized carbons (Fsp3) is 0.333. The summed E-state index contributed by atoms with van der Waals surface area (Å²) in [4.78, 5) is 13.5. The minimum absolute atomic E-state index is 0.630. The van der Waals surface area contributed by atoms with E-state index in [-0.39, 0.29) is 0 Å². The molecule has 1 rings (SSSR count). The molecule has 66 valence electrons. The van der Waals surface area contributed by atoms with Gasteiger partial charge in [0.25, 0.3) is 0 Å². The van der Waals surface area contributed by atoms with Crippen molar-refractivity contribution in [2.75, 3.05) is 0 Å². The summed E-state index contributed by atoms with van der Waals surface area (Å²) in [6.07, 6.45) is 1.94. The van der Waals surface area contributed by atoms with Gasteiger partial charge in [0.2, 0.25) is 0 Å². The number of alkyl halides is 2. The number of rotatable bonds is 2. The summed E-state index contributed by atoms with van der Waals surface area (Å²) in [6, 6.07) is 0. The van der Waals surface area contributed by atoms with Gasteiger partial charge in [-0.3, -0.25) is 0 Å². The van der Waals surface area contributed by atoms with Crippen LogP contribution in [0.2, 0.25) is 0 Å². The average molecular weight is 176 g/mol. The van der Waals surface area contributed by atoms with Gasteiger partial charge in [0, 0.05) is 7.05 Å². The maximum Gasteiger partial charge on any atom is 0.383 e. The molecule has 0 aliphatic heterocycles. The second-order valence-electron chi connectivity index (χ2n) is 2.27. The van der Waals surface area contributed by atoms with E-state index >= 15 is 0 Å². The van der Waals surface area contributed by atoms with E-state index in [0.29, 0.717) is 0 Å². The third-order valence-corrected chi connectivity index (χ3v) is 1.41. The topological polar surface area (TPSA) is 55.1 Å². The molecule has 0 unspecified atom stereocenters. The smallest absolute Gasteiger partial charge is 0.383 e. The second kappa shape index (κ2) is 2.54. The van der Waals surface area contributed by atoms with Gasteiger partial charge in [-0.2, -0.15) is 8.78 Å². The summed E-state index contributed by atoms with van der Waals surface area (Å²) in [5.74, 6) is -6.04. The van der Waals surface area contributed by atoms with Gasteiger partial charge in [-0.15, -0.1) is 0 Å². The Morgan fingerprint density at radius 3 is 2.67 bits per heavy atom. The van der Waals surface area contributed by atoms with Crippen molar-refractivity contribution in [3.05, 3.63) is 18.2 Å². The van der Waals surface area contributed by atoms with E-state index in [4.69, 9.17) is 5.11 Å². The van der Waals surface area contributed by atoms with Crippen LogP contribution in [0.5, 0.6) is 0 Å². The van der Waals surface area contributed by atoms with Crippen LogP contribution in [-0.4, -0.2) is 20.6 Å². The maximum absolute atomic E-state index is 12.7. The standard InChI is InChI=1S/C6H6F2N2O2/c1-10-3-9-2-4(10)6(7,8)5(11)12/h2-3H,1H3,(H,11,12). The minimum atomic E-state index is -3.87. The molecule has 0 aromatic carbocycles. The molecule has 0 aliphatic carbocycles. The molecule has 1 N–H and O–H groups in total. The number of hydrogen-bond donors (Lipinski definition) is 1. The van der Waals surface area contributed by atoms with E-state index in [1.807, 2.05) is 0 Å². The first-order valence-electron chi connectivity index (χ1n) is 3.04. The highest BCUT2D eigenvalue weighted by molar-refractivity contribution is 5.76. The van der Waals surface area contributed by atoms with Crippen molar-refractivity contribution in [1.29, 1.82) is 0 Å². The zero-order chi connectivity index (χ0) is 9.35. The lowest BCUT2D eigenvalue weighted by Crippen LogP contribution is -2.27. The monoisotopic (exact) mass is 176 g/mol. The number of carboxylic acids is 1. The van der Waals surface area contributed by atoms with Crippen LogP contribution in [0.15, 0.2) is 12.5 Å². The molecule has 6 heteroatoms. The molecule has 0 amide bonds. The Morgan fingerprint density at radius 2 is 2.33 bits per heavy atom. The fourth-order valence-corrected chi connectivity index (χ4v) is 0.769. The van der Waals surface area contributed by atoms with Crippen molar-refractivity contribution in [2.45, 2.75) is 5.92 Å². The molecular weight excluding hydrogens is 170 g/mol. The Kier molecular flexibility index (Phi) is 1.83. The Morgan fingerprint density at radius 1 is 1.75 bits per heavy atom. The molecule has 12 heavy (non-hydrogen) atoms. The summed E-state index contributed by atoms with van der Waals surface area (Å²) in [5, 5.41) is 8.15. The van der Waals surface area contributed by atoms with Crippen LogP contribution in [0.25, 0.3) is 0 Å². The van der Waals surface area contributed by atoms with Gasteiger partial charge in [-0.1, -0.05) is 0 Å². The third-order valence-electron chi connectivity index (χ3n) is 1.41. The van der Waals surface area contributed by atoms with Gasteiger partial charge in [-0.05, 0) is 0 Å². The van der Waals surface area contributed by atoms with Crippen LogP contribution in [0, 0.1) is 0 Å². The molecule has 0 atom stereocenters. The number of hydrogen-bond acceptors (Lipinski definition) is 2. The number of aryl methyl sites for hydroxylation is 1. The minimum Gasteiger partial charge on any atom is -0.476 e. The van der Waals surface area contributed by atoms with Crippen molar-refractivity contribution in [2.24, 2.45) is 7.05 Å². The first-order chi connectivity index (χ1) is 5.46. The Hall–Kier alpha value is -1.46. The molecule has 1 heterocycles. The van der Waals surface area contributed by atoms with Crippen LogP contribution >= 0.6 is 0 Å². The number of aliphatic carboxylic acids is 1. The molecule has 1 aromatic rings. The van der Waals surface area contributed by atoms with Crippen molar-refractivity contribution < 1.29 is 18.7 Å². The largest absolute Gasteiger partial charge is 0.476 e. The summed E-state index contributed by atoms with van der Waals surface area (Å²) in [7, 11) is 1.30. The van der Waals surface area contributed by atoms with Crippen molar-refractivity contribution in [3.8, 4) is 0 Å². The molecule has 0 saturated heterocycles.